The summed E-state index contributed by atoms with van der Waals surface area (Å²) in [5, 5.41) is 127. The smallest absolute Gasteiger partial charge is 0.187 e. The molecule has 0 bridgehead atoms. The highest BCUT2D eigenvalue weighted by molar-refractivity contribution is 5.31. The van der Waals surface area contributed by atoms with Crippen LogP contribution in [0, 0.1) is 40.4 Å². The third kappa shape index (κ3) is 10.2. The molecule has 9 aliphatic rings. The second kappa shape index (κ2) is 22.5. The van der Waals surface area contributed by atoms with Crippen molar-refractivity contribution in [2.24, 2.45) is 40.4 Å². The molecule has 22 nitrogen and oxygen atoms in total. The Hall–Kier alpha value is -1.56. The number of hydrogen-bond donors (Lipinski definition) is 12. The monoisotopic (exact) mass is 1060 g/mol. The molecule has 0 aromatic rings. The van der Waals surface area contributed by atoms with Gasteiger partial charge in [-0.2, -0.15) is 0 Å². The summed E-state index contributed by atoms with van der Waals surface area (Å²) < 4.78 is 61.1. The van der Waals surface area contributed by atoms with Crippen molar-refractivity contribution in [3.05, 3.63) is 23.0 Å². The maximum Gasteiger partial charge on any atom is 0.187 e. The van der Waals surface area contributed by atoms with Gasteiger partial charge in [0.1, 0.15) is 103 Å². The van der Waals surface area contributed by atoms with E-state index in [0.29, 0.717) is 37.0 Å². The van der Waals surface area contributed by atoms with E-state index in [1.165, 1.54) is 25.0 Å². The van der Waals surface area contributed by atoms with Gasteiger partial charge in [0.25, 0.3) is 0 Å². The summed E-state index contributed by atoms with van der Waals surface area (Å²) in [7, 11) is 1.67. The van der Waals surface area contributed by atoms with E-state index in [9.17, 15) is 61.3 Å². The molecule has 0 unspecified atom stereocenters. The zero-order valence-electron chi connectivity index (χ0n) is 43.5. The van der Waals surface area contributed by atoms with Crippen LogP contribution < -0.4 is 0 Å². The Morgan fingerprint density at radius 3 is 1.88 bits per heavy atom. The number of methoxy groups -OCH3 is 1. The summed E-state index contributed by atoms with van der Waals surface area (Å²) in [6.07, 6.45) is -20.7. The van der Waals surface area contributed by atoms with E-state index in [0.717, 1.165) is 37.9 Å². The molecule has 5 aliphatic heterocycles. The van der Waals surface area contributed by atoms with E-state index >= 15 is 0 Å². The molecule has 74 heavy (non-hydrogen) atoms. The van der Waals surface area contributed by atoms with Gasteiger partial charge in [-0.05, 0) is 112 Å². The average molecular weight is 1060 g/mol. The van der Waals surface area contributed by atoms with Gasteiger partial charge in [-0.25, -0.2) is 0 Å². The van der Waals surface area contributed by atoms with Crippen LogP contribution in [0.4, 0.5) is 0 Å². The van der Waals surface area contributed by atoms with Gasteiger partial charge in [0.15, 0.2) is 25.2 Å². The molecule has 0 radical (unpaired) electrons. The molecule has 12 N–H and O–H groups in total. The maximum absolute atomic E-state index is 12.1. The van der Waals surface area contributed by atoms with Crippen LogP contribution in [0.15, 0.2) is 23.0 Å². The minimum atomic E-state index is -1.74. The van der Waals surface area contributed by atoms with E-state index in [1.807, 2.05) is 6.92 Å². The van der Waals surface area contributed by atoms with Crippen LogP contribution in [0.2, 0.25) is 0 Å². The molecule has 0 aromatic carbocycles. The lowest BCUT2D eigenvalue weighted by Crippen LogP contribution is -2.66. The molecular weight excluding hydrogens is 977 g/mol. The Morgan fingerprint density at radius 1 is 0.662 bits per heavy atom. The topological polar surface area (TPSA) is 335 Å². The number of aliphatic hydroxyl groups is 12. The third-order valence-corrected chi connectivity index (χ3v) is 19.1. The molecule has 4 aliphatic carbocycles. The lowest BCUT2D eigenvalue weighted by Gasteiger charge is -2.58. The van der Waals surface area contributed by atoms with Gasteiger partial charge < -0.3 is 109 Å². The first-order valence-corrected chi connectivity index (χ1v) is 26.9. The summed E-state index contributed by atoms with van der Waals surface area (Å²) in [5.74, 6) is 2.26. The molecule has 22 heteroatoms. The van der Waals surface area contributed by atoms with Crippen molar-refractivity contribution in [1.82, 2.24) is 0 Å². The average Bonchev–Trinajstić information content (AvgIpc) is 3.88. The van der Waals surface area contributed by atoms with Crippen molar-refractivity contribution < 1.29 is 109 Å². The van der Waals surface area contributed by atoms with Crippen molar-refractivity contribution in [3.63, 3.8) is 0 Å². The second-order valence-electron chi connectivity index (χ2n) is 23.6. The fourth-order valence-electron chi connectivity index (χ4n) is 14.8. The quantitative estimate of drug-likeness (QED) is 0.0839. The van der Waals surface area contributed by atoms with Crippen LogP contribution in [-0.4, -0.2) is 229 Å². The third-order valence-electron chi connectivity index (χ3n) is 19.1. The standard InChI is InChI=1S/C52H84O22/c1-20(19-66-47-40(61)39(60)36(57)31(17-53)71-47)14-30(65-7)44-21(2)33-29(70-44)16-28-26-9-8-24-15-25(10-12-51(24,5)27(26)11-13-52(28,33)6)69-50-46(74-49-42(63)38(59)35(56)23(4)68-49)43(64)45(32(18-54)72-50)73-48-41(62)37(58)34(55)22(3)67-48/h8,20,22-23,25-43,45-50,53-64H,9-19H2,1-7H3/t20-,22+,23+,25+,26-,27+,28+,29+,30+,31-,32-,33+,34+,35+,36-,37-,38-,39+,40-,41-,42-,43+,45-,46-,47-,48+,49+,50-,51+,52+/m1/s1. The van der Waals surface area contributed by atoms with Gasteiger partial charge in [0.05, 0.1) is 38.1 Å². The van der Waals surface area contributed by atoms with Crippen LogP contribution in [-0.2, 0) is 47.4 Å². The highest BCUT2D eigenvalue weighted by atomic mass is 16.8. The minimum Gasteiger partial charge on any atom is -0.491 e. The van der Waals surface area contributed by atoms with Crippen molar-refractivity contribution in [3.8, 4) is 0 Å². The molecule has 4 saturated heterocycles. The number of rotatable bonds is 15. The first kappa shape index (κ1) is 57.1. The van der Waals surface area contributed by atoms with Crippen molar-refractivity contribution in [2.75, 3.05) is 26.9 Å². The predicted octanol–water partition coefficient (Wildman–Crippen LogP) is -1.41. The van der Waals surface area contributed by atoms with Gasteiger partial charge in [-0.15, -0.1) is 0 Å². The Morgan fingerprint density at radius 2 is 1.26 bits per heavy atom. The fraction of sp³-hybridized carbons (Fsp3) is 0.923. The SMILES string of the molecule is CO[C@@H](C[C@@H](C)CO[C@@H]1O[C@H](CO)[C@@H](O)[C@H](O)[C@H]1O)C1=C(C)[C@H]2[C@H](C[C@H]3[C@@H]4CC=C5C[C@@H](O[C@@H]6O[C@H](CO)[C@@H](O[C@@H]7O[C@@H](C)[C@H](O)[C@@H](O)[C@H]7O)[C@H](O)[C@H]6O[C@@H]6O[C@@H](C)[C@H](O)[C@@H](O)[C@H]6O)CC[C@]5(C)[C@H]4CC[C@@]32C)O1. The Balaban J connectivity index is 0.865. The molecule has 3 saturated carbocycles. The van der Waals surface area contributed by atoms with Gasteiger partial charge in [0, 0.05) is 13.0 Å². The molecule has 0 spiro atoms. The summed E-state index contributed by atoms with van der Waals surface area (Å²) in [5.41, 5.74) is 2.37. The number of allylic oxidation sites excluding steroid dienone is 1. The highest BCUT2D eigenvalue weighted by Gasteiger charge is 2.64. The molecule has 0 amide bonds. The van der Waals surface area contributed by atoms with E-state index in [4.69, 9.17) is 47.4 Å². The molecule has 424 valence electrons. The predicted molar refractivity (Wildman–Crippen MR) is 254 cm³/mol. The molecule has 30 atom stereocenters. The summed E-state index contributed by atoms with van der Waals surface area (Å²) in [6.45, 7) is 10.9. The summed E-state index contributed by atoms with van der Waals surface area (Å²) >= 11 is 0. The molecule has 7 fully saturated rings. The van der Waals surface area contributed by atoms with Crippen LogP contribution in [0.25, 0.3) is 0 Å². The normalized spacial score (nSPS) is 52.3. The zero-order valence-corrected chi connectivity index (χ0v) is 43.5. The van der Waals surface area contributed by atoms with Crippen molar-refractivity contribution >= 4 is 0 Å². The molecular formula is C52H84O22. The lowest BCUT2D eigenvalue weighted by molar-refractivity contribution is -0.388. The number of ether oxygens (including phenoxy) is 10. The Kier molecular flexibility index (Phi) is 17.4. The number of hydrogen-bond acceptors (Lipinski definition) is 22. The number of fused-ring (bicyclic) bond motifs is 7. The Bertz CT molecular complexity index is 1980. The van der Waals surface area contributed by atoms with Crippen molar-refractivity contribution in [2.45, 2.75) is 234 Å². The van der Waals surface area contributed by atoms with Crippen LogP contribution in [0.3, 0.4) is 0 Å². The minimum absolute atomic E-state index is 0.00312. The number of aliphatic hydroxyl groups excluding tert-OH is 12. The van der Waals surface area contributed by atoms with Gasteiger partial charge >= 0.3 is 0 Å². The fourth-order valence-corrected chi connectivity index (χ4v) is 14.8. The molecule has 5 heterocycles. The summed E-state index contributed by atoms with van der Waals surface area (Å²) in [6, 6.07) is 0. The van der Waals surface area contributed by atoms with Gasteiger partial charge in [0.2, 0.25) is 0 Å². The molecule has 0 aromatic heterocycles. The Labute approximate surface area is 432 Å². The highest BCUT2D eigenvalue weighted by Crippen LogP contribution is 2.69. The van der Waals surface area contributed by atoms with Crippen molar-refractivity contribution in [1.29, 1.82) is 0 Å². The van der Waals surface area contributed by atoms with E-state index in [-0.39, 0.29) is 41.5 Å². The lowest BCUT2D eigenvalue weighted by atomic mass is 9.47. The van der Waals surface area contributed by atoms with E-state index < -0.39 is 142 Å². The first-order chi connectivity index (χ1) is 35.1. The van der Waals surface area contributed by atoms with Gasteiger partial charge in [-0.3, -0.25) is 0 Å². The van der Waals surface area contributed by atoms with Crippen LogP contribution >= 0.6 is 0 Å². The maximum atomic E-state index is 12.1. The molecule has 9 rings (SSSR count). The summed E-state index contributed by atoms with van der Waals surface area (Å²) in [4.78, 5) is 0. The largest absolute Gasteiger partial charge is 0.491 e. The first-order valence-electron chi connectivity index (χ1n) is 26.9. The van der Waals surface area contributed by atoms with Crippen LogP contribution in [0.5, 0.6) is 0 Å². The van der Waals surface area contributed by atoms with Crippen LogP contribution in [0.1, 0.15) is 92.9 Å². The van der Waals surface area contributed by atoms with E-state index in [1.54, 1.807) is 7.11 Å². The van der Waals surface area contributed by atoms with Gasteiger partial charge in [-0.1, -0.05) is 32.4 Å². The zero-order chi connectivity index (χ0) is 53.5. The van der Waals surface area contributed by atoms with E-state index in [2.05, 4.69) is 26.8 Å². The second-order valence-corrected chi connectivity index (χ2v) is 23.6.